The van der Waals surface area contributed by atoms with Gasteiger partial charge in [-0.05, 0) is 45.2 Å². The number of primary amides is 1. The molecule has 0 aromatic heterocycles. The van der Waals surface area contributed by atoms with Gasteiger partial charge in [-0.1, -0.05) is 0 Å². The highest BCUT2D eigenvalue weighted by atomic mass is 127. The van der Waals surface area contributed by atoms with Crippen LogP contribution in [0.3, 0.4) is 0 Å². The van der Waals surface area contributed by atoms with E-state index in [1.54, 1.807) is 51.3 Å². The number of amides is 1. The molecule has 0 spiro atoms. The van der Waals surface area contributed by atoms with Crippen LogP contribution in [-0.2, 0) is 4.79 Å². The van der Waals surface area contributed by atoms with Crippen molar-refractivity contribution in [2.75, 3.05) is 0 Å². The minimum Gasteiger partial charge on any atom is -0.367 e. The molecule has 0 rings (SSSR count). The molecule has 5 heteroatoms. The van der Waals surface area contributed by atoms with Gasteiger partial charge in [-0.15, -0.1) is 0 Å². The summed E-state index contributed by atoms with van der Waals surface area (Å²) in [5.74, 6) is -0.610. The van der Waals surface area contributed by atoms with Gasteiger partial charge in [-0.2, -0.15) is 5.26 Å². The van der Waals surface area contributed by atoms with Crippen molar-refractivity contribution in [3.63, 3.8) is 0 Å². The first-order valence-corrected chi connectivity index (χ1v) is 3.75. The highest BCUT2D eigenvalue weighted by molar-refractivity contribution is 14.2. The van der Waals surface area contributed by atoms with E-state index in [9.17, 15) is 4.79 Å². The molecule has 44 valence electrons. The normalized spacial score (nSPS) is 10.1. The van der Waals surface area contributed by atoms with Crippen LogP contribution in [0.15, 0.2) is 0 Å². The van der Waals surface area contributed by atoms with E-state index >= 15 is 0 Å². The Kier molecular flexibility index (Phi) is 2.96. The Labute approximate surface area is 73.9 Å². The van der Waals surface area contributed by atoms with E-state index in [4.69, 9.17) is 11.0 Å². The first kappa shape index (κ1) is 8.42. The molecular weight excluding hydrogens is 334 g/mol. The molecule has 0 fully saturated rings. The number of nitrogens with two attached hydrogens (primary N) is 1. The zero-order chi connectivity index (χ0) is 6.78. The van der Waals surface area contributed by atoms with Crippen molar-refractivity contribution < 1.29 is 4.79 Å². The van der Waals surface area contributed by atoms with Gasteiger partial charge in [-0.3, -0.25) is 4.79 Å². The molecule has 0 saturated heterocycles. The molecule has 0 aliphatic rings. The molecule has 0 atom stereocenters. The Bertz CT molecular complexity index is 148. The summed E-state index contributed by atoms with van der Waals surface area (Å²) in [6.07, 6.45) is 0. The second-order valence-corrected chi connectivity index (χ2v) is 6.35. The van der Waals surface area contributed by atoms with Gasteiger partial charge in [0.15, 0.2) is 0 Å². The summed E-state index contributed by atoms with van der Waals surface area (Å²) in [4.78, 5) is 10.2. The van der Waals surface area contributed by atoms with Crippen LogP contribution in [0.1, 0.15) is 0 Å². The monoisotopic (exact) mass is 336 g/mol. The molecule has 0 aromatic rings. The van der Waals surface area contributed by atoms with Crippen LogP contribution in [0.5, 0.6) is 0 Å². The first-order chi connectivity index (χ1) is 3.50. The van der Waals surface area contributed by atoms with Crippen LogP contribution in [-0.4, -0.2) is 7.34 Å². The van der Waals surface area contributed by atoms with E-state index in [0.29, 0.717) is 0 Å². The second-order valence-electron chi connectivity index (χ2n) is 1.05. The zero-order valence-corrected chi connectivity index (χ0v) is 8.00. The van der Waals surface area contributed by atoms with Crippen molar-refractivity contribution in [3.05, 3.63) is 0 Å². The fourth-order valence-corrected chi connectivity index (χ4v) is 0.0551. The van der Waals surface area contributed by atoms with Crippen molar-refractivity contribution in [1.82, 2.24) is 0 Å². The maximum atomic E-state index is 10.2. The van der Waals surface area contributed by atoms with E-state index in [1.807, 2.05) is 0 Å². The lowest BCUT2D eigenvalue weighted by Crippen LogP contribution is -2.30. The van der Waals surface area contributed by atoms with Crippen LogP contribution in [0, 0.1) is 11.3 Å². The molecule has 0 heterocycles. The van der Waals surface area contributed by atoms with Gasteiger partial charge in [-0.25, -0.2) is 0 Å². The molecule has 3 nitrogen and oxygen atoms in total. The third-order valence-electron chi connectivity index (χ3n) is 0.450. The van der Waals surface area contributed by atoms with E-state index in [2.05, 4.69) is 0 Å². The minimum absolute atomic E-state index is 0.610. The Morgan fingerprint density at radius 1 is 1.75 bits per heavy atom. The highest BCUT2D eigenvalue weighted by Crippen LogP contribution is 2.25. The van der Waals surface area contributed by atoms with Crippen molar-refractivity contribution in [1.29, 1.82) is 5.26 Å². The van der Waals surface area contributed by atoms with Gasteiger partial charge in [0.05, 0.1) is 0 Å². The molecule has 0 saturated carbocycles. The summed E-state index contributed by atoms with van der Waals surface area (Å²) in [5.41, 5.74) is 4.80. The number of carbonyl (C=O) groups is 1. The third-order valence-corrected chi connectivity index (χ3v) is 2.00. The molecule has 0 aromatic carbocycles. The Hall–Kier alpha value is 0.420. The fraction of sp³-hybridized carbons (Fsp3) is 0.333. The van der Waals surface area contributed by atoms with Gasteiger partial charge in [0.25, 0.3) is 5.91 Å². The lowest BCUT2D eigenvalue weighted by Gasteiger charge is -2.02. The Morgan fingerprint density at radius 2 is 2.12 bits per heavy atom. The molecule has 1 amide bonds. The number of rotatable bonds is 1. The molecule has 8 heavy (non-hydrogen) atoms. The van der Waals surface area contributed by atoms with Crippen LogP contribution >= 0.6 is 45.2 Å². The van der Waals surface area contributed by atoms with Crippen LogP contribution in [0.25, 0.3) is 0 Å². The molecule has 0 unspecified atom stereocenters. The van der Waals surface area contributed by atoms with Crippen molar-refractivity contribution in [2.24, 2.45) is 5.73 Å². The van der Waals surface area contributed by atoms with Gasteiger partial charge in [0.1, 0.15) is 6.07 Å². The van der Waals surface area contributed by atoms with Gasteiger partial charge in [0, 0.05) is 0 Å². The number of alkyl halides is 2. The van der Waals surface area contributed by atoms with Gasteiger partial charge in [0.2, 0.25) is 1.43 Å². The predicted octanol–water partition coefficient (Wildman–Crippen LogP) is 0.562. The Balaban J connectivity index is 4.19. The summed E-state index contributed by atoms with van der Waals surface area (Å²) in [6.45, 7) is 0. The standard InChI is InChI=1S/C3H2I2N2O/c4-3(5,1-6)2(7)8/h(H2,7,8). The van der Waals surface area contributed by atoms with Crippen LogP contribution < -0.4 is 5.73 Å². The van der Waals surface area contributed by atoms with E-state index in [1.165, 1.54) is 0 Å². The van der Waals surface area contributed by atoms with E-state index in [-0.39, 0.29) is 0 Å². The topological polar surface area (TPSA) is 66.9 Å². The van der Waals surface area contributed by atoms with Gasteiger partial charge >= 0.3 is 0 Å². The summed E-state index contributed by atoms with van der Waals surface area (Å²) >= 11 is 3.36. The maximum absolute atomic E-state index is 10.2. The van der Waals surface area contributed by atoms with Crippen molar-refractivity contribution in [3.8, 4) is 6.07 Å². The van der Waals surface area contributed by atoms with Crippen LogP contribution in [0.4, 0.5) is 0 Å². The lowest BCUT2D eigenvalue weighted by atomic mass is 10.5. The largest absolute Gasteiger partial charge is 0.367 e. The summed E-state index contributed by atoms with van der Waals surface area (Å²) in [5, 5.41) is 8.20. The minimum atomic E-state index is -1.07. The SMILES string of the molecule is N#CC(I)(I)C(N)=O. The number of hydrogen-bond acceptors (Lipinski definition) is 2. The average Bonchev–Trinajstić information content (AvgIpc) is 1.67. The first-order valence-electron chi connectivity index (χ1n) is 1.59. The van der Waals surface area contributed by atoms with Crippen LogP contribution in [0.2, 0.25) is 0 Å². The zero-order valence-electron chi connectivity index (χ0n) is 3.69. The number of halogens is 2. The quantitative estimate of drug-likeness (QED) is 0.562. The number of hydrogen-bond donors (Lipinski definition) is 1. The molecule has 2 N–H and O–H groups in total. The molecule has 0 bridgehead atoms. The van der Waals surface area contributed by atoms with E-state index < -0.39 is 7.34 Å². The lowest BCUT2D eigenvalue weighted by molar-refractivity contribution is -0.116. The fourth-order valence-electron chi connectivity index (χ4n) is 0.0551. The third kappa shape index (κ3) is 2.13. The summed E-state index contributed by atoms with van der Waals surface area (Å²) < 4.78 is -1.07. The molecule has 0 aliphatic carbocycles. The smallest absolute Gasteiger partial charge is 0.258 e. The highest BCUT2D eigenvalue weighted by Gasteiger charge is 2.28. The number of nitriles is 1. The van der Waals surface area contributed by atoms with Gasteiger partial charge < -0.3 is 5.73 Å². The van der Waals surface area contributed by atoms with E-state index in [0.717, 1.165) is 0 Å². The molecule has 0 radical (unpaired) electrons. The molecule has 0 aliphatic heterocycles. The molecular formula is C3H2I2N2O. The predicted molar refractivity (Wildman–Crippen MR) is 45.6 cm³/mol. The second kappa shape index (κ2) is 2.82. The van der Waals surface area contributed by atoms with Crippen molar-refractivity contribution in [2.45, 2.75) is 1.43 Å². The summed E-state index contributed by atoms with van der Waals surface area (Å²) in [6, 6.07) is 1.74. The maximum Gasteiger partial charge on any atom is 0.258 e. The Morgan fingerprint density at radius 3 is 2.12 bits per heavy atom. The van der Waals surface area contributed by atoms with Crippen molar-refractivity contribution >= 4 is 51.1 Å². The average molecular weight is 336 g/mol. The number of nitrogens with zero attached hydrogens (tertiary/aromatic N) is 1. The summed E-state index contributed by atoms with van der Waals surface area (Å²) in [7, 11) is 0. The number of carbonyl (C=O) groups excluding carboxylic acids is 1.